The molecular weight excluding hydrogens is 345 g/mol. The summed E-state index contributed by atoms with van der Waals surface area (Å²) in [7, 11) is 0. The number of hydrogen-bond acceptors (Lipinski definition) is 4. The zero-order chi connectivity index (χ0) is 19.1. The second-order valence-corrected chi connectivity index (χ2v) is 6.04. The van der Waals surface area contributed by atoms with E-state index in [1.54, 1.807) is 32.0 Å². The van der Waals surface area contributed by atoms with Crippen LogP contribution in [-0.4, -0.2) is 22.6 Å². The first-order valence-electron chi connectivity index (χ1n) is 7.85. The van der Waals surface area contributed by atoms with E-state index in [0.29, 0.717) is 16.8 Å². The highest BCUT2D eigenvalue weighted by molar-refractivity contribution is 6.28. The van der Waals surface area contributed by atoms with Crippen LogP contribution >= 0.6 is 0 Å². The molecule has 0 bridgehead atoms. The number of nitrogens with zero attached hydrogens (tertiary/aromatic N) is 1. The van der Waals surface area contributed by atoms with E-state index in [9.17, 15) is 22.8 Å². The number of nitrogens with one attached hydrogen (secondary N) is 1. The van der Waals surface area contributed by atoms with Crippen LogP contribution in [0, 0.1) is 0 Å². The molecule has 0 atom stereocenters. The smallest absolute Gasteiger partial charge is 0.353 e. The Morgan fingerprint density at radius 2 is 1.58 bits per heavy atom. The van der Waals surface area contributed by atoms with E-state index in [-0.39, 0.29) is 22.9 Å². The molecule has 1 N–H and O–H groups in total. The van der Waals surface area contributed by atoms with Crippen molar-refractivity contribution in [1.29, 1.82) is 0 Å². The Bertz CT molecular complexity index is 908. The normalized spacial score (nSPS) is 15.7. The standard InChI is InChI=1S/C19H15F3N2O2/c1-10-11(2)18(26)16(17(10)25)24-15-8-4-7-14(23-15)12-5-3-6-13(9-12)19(20,21)22/h3-9,16H,1-2H3,(H,23,24). The first-order valence-corrected chi connectivity index (χ1v) is 7.85. The van der Waals surface area contributed by atoms with Crippen LogP contribution in [0.3, 0.4) is 0 Å². The molecule has 134 valence electrons. The van der Waals surface area contributed by atoms with Crippen molar-refractivity contribution in [2.75, 3.05) is 5.32 Å². The number of aromatic nitrogens is 1. The maximum Gasteiger partial charge on any atom is 0.416 e. The summed E-state index contributed by atoms with van der Waals surface area (Å²) in [6.45, 7) is 3.17. The van der Waals surface area contributed by atoms with Gasteiger partial charge < -0.3 is 5.32 Å². The number of rotatable bonds is 3. The lowest BCUT2D eigenvalue weighted by Crippen LogP contribution is -2.33. The highest BCUT2D eigenvalue weighted by Gasteiger charge is 2.36. The van der Waals surface area contributed by atoms with Crippen LogP contribution < -0.4 is 5.32 Å². The predicted octanol–water partition coefficient (Wildman–Crippen LogP) is 4.04. The molecule has 0 amide bonds. The molecule has 1 aliphatic rings. The average Bonchev–Trinajstić information content (AvgIpc) is 2.79. The molecule has 0 saturated carbocycles. The van der Waals surface area contributed by atoms with Crippen LogP contribution in [0.1, 0.15) is 19.4 Å². The van der Waals surface area contributed by atoms with E-state index in [1.165, 1.54) is 12.1 Å². The Balaban J connectivity index is 1.89. The van der Waals surface area contributed by atoms with Gasteiger partial charge in [-0.1, -0.05) is 18.2 Å². The van der Waals surface area contributed by atoms with E-state index in [4.69, 9.17) is 0 Å². The molecule has 7 heteroatoms. The monoisotopic (exact) mass is 360 g/mol. The lowest BCUT2D eigenvalue weighted by atomic mass is 10.1. The number of pyridine rings is 1. The quantitative estimate of drug-likeness (QED) is 0.840. The van der Waals surface area contributed by atoms with Crippen molar-refractivity contribution >= 4 is 17.4 Å². The summed E-state index contributed by atoms with van der Waals surface area (Å²) in [5, 5.41) is 2.78. The molecule has 0 fully saturated rings. The maximum absolute atomic E-state index is 12.9. The molecule has 1 heterocycles. The van der Waals surface area contributed by atoms with Gasteiger partial charge in [0.1, 0.15) is 5.82 Å². The van der Waals surface area contributed by atoms with E-state index < -0.39 is 17.8 Å². The summed E-state index contributed by atoms with van der Waals surface area (Å²) in [6.07, 6.45) is -4.45. The van der Waals surface area contributed by atoms with E-state index in [1.807, 2.05) is 0 Å². The molecule has 1 aliphatic carbocycles. The highest BCUT2D eigenvalue weighted by atomic mass is 19.4. The number of halogens is 3. The summed E-state index contributed by atoms with van der Waals surface area (Å²) < 4.78 is 38.6. The largest absolute Gasteiger partial charge is 0.416 e. The zero-order valence-corrected chi connectivity index (χ0v) is 14.0. The predicted molar refractivity (Wildman–Crippen MR) is 90.5 cm³/mol. The Morgan fingerprint density at radius 3 is 2.19 bits per heavy atom. The molecule has 1 aromatic heterocycles. The molecular formula is C19H15F3N2O2. The van der Waals surface area contributed by atoms with Crippen molar-refractivity contribution in [2.24, 2.45) is 0 Å². The van der Waals surface area contributed by atoms with Gasteiger partial charge in [-0.2, -0.15) is 13.2 Å². The van der Waals surface area contributed by atoms with Crippen LogP contribution in [-0.2, 0) is 15.8 Å². The van der Waals surface area contributed by atoms with Gasteiger partial charge in [0, 0.05) is 16.7 Å². The Hall–Kier alpha value is -2.96. The van der Waals surface area contributed by atoms with Gasteiger partial charge in [0.2, 0.25) is 0 Å². The molecule has 0 radical (unpaired) electrons. The first kappa shape index (κ1) is 17.8. The minimum atomic E-state index is -4.45. The number of alkyl halides is 3. The van der Waals surface area contributed by atoms with Crippen molar-refractivity contribution in [3.8, 4) is 11.3 Å². The lowest BCUT2D eigenvalue weighted by Gasteiger charge is -2.13. The SMILES string of the molecule is CC1=C(C)C(=O)C(Nc2cccc(-c3cccc(C(F)(F)F)c3)n2)C1=O. The fraction of sp³-hybridized carbons (Fsp3) is 0.211. The second kappa shape index (κ2) is 6.40. The van der Waals surface area contributed by atoms with Crippen LogP contribution in [0.5, 0.6) is 0 Å². The van der Waals surface area contributed by atoms with Crippen molar-refractivity contribution in [3.05, 3.63) is 59.2 Å². The van der Waals surface area contributed by atoms with Gasteiger partial charge >= 0.3 is 6.18 Å². The third-order valence-electron chi connectivity index (χ3n) is 4.35. The first-order chi connectivity index (χ1) is 12.2. The van der Waals surface area contributed by atoms with Gasteiger partial charge in [-0.25, -0.2) is 4.98 Å². The molecule has 0 saturated heterocycles. The molecule has 0 spiro atoms. The minimum Gasteiger partial charge on any atom is -0.353 e. The lowest BCUT2D eigenvalue weighted by molar-refractivity contribution is -0.137. The Kier molecular flexibility index (Phi) is 4.39. The van der Waals surface area contributed by atoms with Gasteiger partial charge in [-0.15, -0.1) is 0 Å². The molecule has 0 unspecified atom stereocenters. The number of carbonyl (C=O) groups is 2. The number of anilines is 1. The highest BCUT2D eigenvalue weighted by Crippen LogP contribution is 2.32. The summed E-state index contributed by atoms with van der Waals surface area (Å²) in [4.78, 5) is 28.5. The molecule has 4 nitrogen and oxygen atoms in total. The van der Waals surface area contributed by atoms with Crippen LogP contribution in [0.15, 0.2) is 53.6 Å². The van der Waals surface area contributed by atoms with Gasteiger partial charge in [0.05, 0.1) is 11.3 Å². The number of Topliss-reactive ketones (excluding diaryl/α,β-unsaturated/α-hetero) is 2. The number of hydrogen-bond donors (Lipinski definition) is 1. The van der Waals surface area contributed by atoms with Crippen molar-refractivity contribution in [1.82, 2.24) is 4.98 Å². The fourth-order valence-corrected chi connectivity index (χ4v) is 2.73. The van der Waals surface area contributed by atoms with Gasteiger partial charge in [0.25, 0.3) is 0 Å². The topological polar surface area (TPSA) is 59.1 Å². The van der Waals surface area contributed by atoms with Crippen LogP contribution in [0.2, 0.25) is 0 Å². The van der Waals surface area contributed by atoms with Crippen molar-refractivity contribution < 1.29 is 22.8 Å². The summed E-state index contributed by atoms with van der Waals surface area (Å²) >= 11 is 0. The molecule has 1 aromatic carbocycles. The van der Waals surface area contributed by atoms with E-state index in [0.717, 1.165) is 12.1 Å². The fourth-order valence-electron chi connectivity index (χ4n) is 2.73. The van der Waals surface area contributed by atoms with Crippen molar-refractivity contribution in [3.63, 3.8) is 0 Å². The number of carbonyl (C=O) groups excluding carboxylic acids is 2. The van der Waals surface area contributed by atoms with Crippen LogP contribution in [0.25, 0.3) is 11.3 Å². The van der Waals surface area contributed by atoms with E-state index >= 15 is 0 Å². The Morgan fingerprint density at radius 1 is 0.962 bits per heavy atom. The maximum atomic E-state index is 12.9. The summed E-state index contributed by atoms with van der Waals surface area (Å²) in [5.74, 6) is -0.397. The van der Waals surface area contributed by atoms with Crippen molar-refractivity contribution in [2.45, 2.75) is 26.1 Å². The summed E-state index contributed by atoms with van der Waals surface area (Å²) in [5.41, 5.74) is 0.633. The third-order valence-corrected chi connectivity index (χ3v) is 4.35. The van der Waals surface area contributed by atoms with E-state index in [2.05, 4.69) is 10.3 Å². The number of ketones is 2. The molecule has 2 aromatic rings. The molecule has 3 rings (SSSR count). The van der Waals surface area contributed by atoms with Gasteiger partial charge in [0.15, 0.2) is 17.6 Å². The molecule has 0 aliphatic heterocycles. The summed E-state index contributed by atoms with van der Waals surface area (Å²) in [6, 6.07) is 8.49. The number of benzene rings is 1. The van der Waals surface area contributed by atoms with Crippen LogP contribution in [0.4, 0.5) is 19.0 Å². The zero-order valence-electron chi connectivity index (χ0n) is 14.0. The Labute approximate surface area is 147 Å². The second-order valence-electron chi connectivity index (χ2n) is 6.04. The van der Waals surface area contributed by atoms with Gasteiger partial charge in [-0.05, 0) is 38.1 Å². The minimum absolute atomic E-state index is 0.245. The molecule has 26 heavy (non-hydrogen) atoms. The average molecular weight is 360 g/mol. The third kappa shape index (κ3) is 3.24. The van der Waals surface area contributed by atoms with Gasteiger partial charge in [-0.3, -0.25) is 9.59 Å².